The fourth-order valence-corrected chi connectivity index (χ4v) is 5.28. The SMILES string of the molecule is CC=CC(=O)OC(C)(C)O[Si](CN)(OC(C)C)c1ccccc1. The van der Waals surface area contributed by atoms with E-state index in [2.05, 4.69) is 0 Å². The summed E-state index contributed by atoms with van der Waals surface area (Å²) < 4.78 is 17.7. The Kier molecular flexibility index (Phi) is 7.15. The van der Waals surface area contributed by atoms with Crippen molar-refractivity contribution in [1.82, 2.24) is 0 Å². The van der Waals surface area contributed by atoms with Crippen LogP contribution in [0.1, 0.15) is 34.6 Å². The lowest BCUT2D eigenvalue weighted by atomic mass is 10.4. The first kappa shape index (κ1) is 19.6. The third-order valence-corrected chi connectivity index (χ3v) is 6.39. The van der Waals surface area contributed by atoms with Crippen LogP contribution in [0, 0.1) is 0 Å². The van der Waals surface area contributed by atoms with Crippen molar-refractivity contribution in [1.29, 1.82) is 0 Å². The van der Waals surface area contributed by atoms with Gasteiger partial charge in [-0.15, -0.1) is 0 Å². The van der Waals surface area contributed by atoms with Gasteiger partial charge in [0.1, 0.15) is 0 Å². The van der Waals surface area contributed by atoms with Crippen LogP contribution in [0.5, 0.6) is 0 Å². The molecular formula is C17H27NO4Si. The highest BCUT2D eigenvalue weighted by Crippen LogP contribution is 2.21. The molecule has 0 heterocycles. The number of carbonyl (C=O) groups excluding carboxylic acids is 1. The van der Waals surface area contributed by atoms with Crippen molar-refractivity contribution in [2.24, 2.45) is 5.73 Å². The molecule has 1 aromatic carbocycles. The largest absolute Gasteiger partial charge is 0.431 e. The fraction of sp³-hybridized carbons (Fsp3) is 0.471. The molecule has 2 N–H and O–H groups in total. The van der Waals surface area contributed by atoms with E-state index in [4.69, 9.17) is 19.3 Å². The minimum absolute atomic E-state index is 0.0625. The molecule has 1 rings (SSSR count). The molecule has 0 saturated carbocycles. The zero-order valence-electron chi connectivity index (χ0n) is 14.5. The van der Waals surface area contributed by atoms with Gasteiger partial charge in [-0.1, -0.05) is 36.4 Å². The maximum atomic E-state index is 11.7. The Hall–Kier alpha value is -1.47. The summed E-state index contributed by atoms with van der Waals surface area (Å²) in [5, 5.41) is 0.909. The van der Waals surface area contributed by atoms with Gasteiger partial charge in [0.2, 0.25) is 5.79 Å². The second-order valence-electron chi connectivity index (χ2n) is 5.91. The van der Waals surface area contributed by atoms with E-state index in [1.54, 1.807) is 26.8 Å². The molecule has 1 atom stereocenters. The Morgan fingerprint density at radius 2 is 1.91 bits per heavy atom. The van der Waals surface area contributed by atoms with Gasteiger partial charge >= 0.3 is 14.5 Å². The van der Waals surface area contributed by atoms with Gasteiger partial charge in [0.05, 0.1) is 0 Å². The van der Waals surface area contributed by atoms with Crippen molar-refractivity contribution in [3.8, 4) is 0 Å². The number of benzene rings is 1. The van der Waals surface area contributed by atoms with Crippen molar-refractivity contribution >= 4 is 19.7 Å². The fourth-order valence-electron chi connectivity index (χ4n) is 2.26. The summed E-state index contributed by atoms with van der Waals surface area (Å²) in [6.45, 7) is 9.00. The number of esters is 1. The second-order valence-corrected chi connectivity index (χ2v) is 8.84. The first-order chi connectivity index (χ1) is 10.7. The van der Waals surface area contributed by atoms with Crippen molar-refractivity contribution in [3.05, 3.63) is 42.5 Å². The average Bonchev–Trinajstić information content (AvgIpc) is 2.46. The van der Waals surface area contributed by atoms with E-state index in [1.807, 2.05) is 44.2 Å². The maximum Gasteiger partial charge on any atom is 0.389 e. The van der Waals surface area contributed by atoms with Crippen LogP contribution in [0.4, 0.5) is 0 Å². The molecule has 0 saturated heterocycles. The van der Waals surface area contributed by atoms with E-state index in [9.17, 15) is 4.79 Å². The minimum Gasteiger partial charge on any atom is -0.431 e. The zero-order chi connectivity index (χ0) is 17.5. The van der Waals surface area contributed by atoms with E-state index in [-0.39, 0.29) is 12.3 Å². The summed E-state index contributed by atoms with van der Waals surface area (Å²) in [7, 11) is -2.96. The predicted octanol–water partition coefficient (Wildman–Crippen LogP) is 2.13. The number of rotatable bonds is 8. The quantitative estimate of drug-likeness (QED) is 0.340. The lowest BCUT2D eigenvalue weighted by Gasteiger charge is -2.38. The summed E-state index contributed by atoms with van der Waals surface area (Å²) in [5.41, 5.74) is 6.04. The molecule has 0 aliphatic heterocycles. The maximum absolute atomic E-state index is 11.7. The average molecular weight is 337 g/mol. The molecule has 0 radical (unpaired) electrons. The molecule has 1 aromatic rings. The summed E-state index contributed by atoms with van der Waals surface area (Å²) in [5.74, 6) is -1.61. The van der Waals surface area contributed by atoms with E-state index < -0.39 is 20.3 Å². The van der Waals surface area contributed by atoms with E-state index in [0.29, 0.717) is 0 Å². The standard InChI is InChI=1S/C17H27NO4Si/c1-6-10-16(19)20-17(4,5)22-23(13-18,21-14(2)3)15-11-8-7-9-12-15/h6-12,14H,13,18H2,1-5H3. The van der Waals surface area contributed by atoms with E-state index in [0.717, 1.165) is 5.19 Å². The van der Waals surface area contributed by atoms with Gasteiger partial charge in [0, 0.05) is 32.2 Å². The molecule has 0 bridgehead atoms. The monoisotopic (exact) mass is 337 g/mol. The third kappa shape index (κ3) is 5.91. The highest BCUT2D eigenvalue weighted by molar-refractivity contribution is 6.81. The Morgan fingerprint density at radius 1 is 1.30 bits per heavy atom. The van der Waals surface area contributed by atoms with Crippen LogP contribution in [0.15, 0.2) is 42.5 Å². The summed E-state index contributed by atoms with van der Waals surface area (Å²) in [6.07, 6.45) is 3.13. The van der Waals surface area contributed by atoms with Crippen molar-refractivity contribution in [3.63, 3.8) is 0 Å². The van der Waals surface area contributed by atoms with Gasteiger partial charge in [0.25, 0.3) is 0 Å². The summed E-state index contributed by atoms with van der Waals surface area (Å²) in [4.78, 5) is 11.7. The molecule has 23 heavy (non-hydrogen) atoms. The number of ether oxygens (including phenoxy) is 1. The van der Waals surface area contributed by atoms with Crippen LogP contribution >= 0.6 is 0 Å². The first-order valence-electron chi connectivity index (χ1n) is 7.74. The number of hydrogen-bond acceptors (Lipinski definition) is 5. The topological polar surface area (TPSA) is 70.8 Å². The molecule has 0 spiro atoms. The molecule has 1 unspecified atom stereocenters. The molecule has 0 amide bonds. The molecule has 0 aliphatic carbocycles. The molecular weight excluding hydrogens is 310 g/mol. The number of nitrogens with two attached hydrogens (primary N) is 1. The smallest absolute Gasteiger partial charge is 0.389 e. The van der Waals surface area contributed by atoms with Crippen LogP contribution in [0.25, 0.3) is 0 Å². The molecule has 5 nitrogen and oxygen atoms in total. The third-order valence-electron chi connectivity index (χ3n) is 2.97. The Morgan fingerprint density at radius 3 is 2.39 bits per heavy atom. The molecule has 128 valence electrons. The minimum atomic E-state index is -2.96. The Labute approximate surface area is 139 Å². The molecule has 0 fully saturated rings. The van der Waals surface area contributed by atoms with Crippen molar-refractivity contribution in [2.45, 2.75) is 46.5 Å². The highest BCUT2D eigenvalue weighted by Gasteiger charge is 2.45. The second kappa shape index (κ2) is 8.40. The van der Waals surface area contributed by atoms with Gasteiger partial charge in [-0.3, -0.25) is 0 Å². The first-order valence-corrected chi connectivity index (χ1v) is 9.76. The predicted molar refractivity (Wildman–Crippen MR) is 93.2 cm³/mol. The number of carbonyl (C=O) groups is 1. The summed E-state index contributed by atoms with van der Waals surface area (Å²) in [6, 6.07) is 9.62. The highest BCUT2D eigenvalue weighted by atomic mass is 28.4. The van der Waals surface area contributed by atoms with Gasteiger partial charge in [-0.2, -0.15) is 0 Å². The van der Waals surface area contributed by atoms with Crippen molar-refractivity contribution in [2.75, 3.05) is 6.17 Å². The Balaban J connectivity index is 3.12. The zero-order valence-corrected chi connectivity index (χ0v) is 15.5. The van der Waals surface area contributed by atoms with Crippen LogP contribution in [-0.2, 0) is 18.4 Å². The van der Waals surface area contributed by atoms with Crippen LogP contribution < -0.4 is 10.9 Å². The lowest BCUT2D eigenvalue weighted by molar-refractivity contribution is -0.187. The lowest BCUT2D eigenvalue weighted by Crippen LogP contribution is -2.64. The number of allylic oxidation sites excluding steroid dienone is 1. The van der Waals surface area contributed by atoms with Crippen LogP contribution in [-0.4, -0.2) is 32.6 Å². The Bertz CT molecular complexity index is 531. The van der Waals surface area contributed by atoms with Crippen molar-refractivity contribution < 1.29 is 18.4 Å². The molecule has 0 aliphatic rings. The normalized spacial score (nSPS) is 14.9. The van der Waals surface area contributed by atoms with E-state index >= 15 is 0 Å². The van der Waals surface area contributed by atoms with Gasteiger partial charge in [-0.05, 0) is 26.0 Å². The van der Waals surface area contributed by atoms with Crippen LogP contribution in [0.3, 0.4) is 0 Å². The molecule has 6 heteroatoms. The van der Waals surface area contributed by atoms with E-state index in [1.165, 1.54) is 6.08 Å². The van der Waals surface area contributed by atoms with Gasteiger partial charge in [-0.25, -0.2) is 4.79 Å². The number of hydrogen-bond donors (Lipinski definition) is 1. The summed E-state index contributed by atoms with van der Waals surface area (Å²) >= 11 is 0. The van der Waals surface area contributed by atoms with Gasteiger partial charge in [0.15, 0.2) is 0 Å². The van der Waals surface area contributed by atoms with Crippen LogP contribution in [0.2, 0.25) is 0 Å². The molecule has 0 aromatic heterocycles. The van der Waals surface area contributed by atoms with Gasteiger partial charge < -0.3 is 19.3 Å².